The lowest BCUT2D eigenvalue weighted by Gasteiger charge is -2.22. The predicted molar refractivity (Wildman–Crippen MR) is 43.1 cm³/mol. The van der Waals surface area contributed by atoms with Gasteiger partial charge in [-0.2, -0.15) is 0 Å². The molecule has 1 saturated carbocycles. The highest BCUT2D eigenvalue weighted by Gasteiger charge is 2.38. The normalized spacial score (nSPS) is 31.0. The lowest BCUT2D eigenvalue weighted by Crippen LogP contribution is -2.34. The molecule has 2 aliphatic rings. The number of rotatable bonds is 1. The number of hydrogen-bond donors (Lipinski definition) is 0. The van der Waals surface area contributed by atoms with Crippen LogP contribution in [0, 0.1) is 5.92 Å². The fraction of sp³-hybridized carbons (Fsp3) is 0.889. The number of hydrogen-bond acceptors (Lipinski definition) is 1. The van der Waals surface area contributed by atoms with Crippen LogP contribution in [0.3, 0.4) is 0 Å². The van der Waals surface area contributed by atoms with Crippen molar-refractivity contribution in [3.05, 3.63) is 0 Å². The average molecular weight is 153 g/mol. The highest BCUT2D eigenvalue weighted by Crippen LogP contribution is 2.39. The third kappa shape index (κ3) is 1.26. The molecule has 1 saturated heterocycles. The summed E-state index contributed by atoms with van der Waals surface area (Å²) in [5.74, 6) is 1.14. The molecule has 62 valence electrons. The lowest BCUT2D eigenvalue weighted by atomic mass is 10.1. The Balaban J connectivity index is 2.01. The molecule has 2 rings (SSSR count). The molecule has 1 unspecified atom stereocenters. The molecule has 1 amide bonds. The van der Waals surface area contributed by atoms with Gasteiger partial charge in [-0.15, -0.1) is 0 Å². The van der Waals surface area contributed by atoms with Crippen molar-refractivity contribution in [2.75, 3.05) is 6.54 Å². The van der Waals surface area contributed by atoms with Gasteiger partial charge in [-0.1, -0.05) is 0 Å². The van der Waals surface area contributed by atoms with Gasteiger partial charge < -0.3 is 4.90 Å². The molecule has 1 heterocycles. The van der Waals surface area contributed by atoms with Gasteiger partial charge in [-0.25, -0.2) is 0 Å². The molecule has 1 aliphatic heterocycles. The maximum atomic E-state index is 11.1. The summed E-state index contributed by atoms with van der Waals surface area (Å²) in [7, 11) is 0. The van der Waals surface area contributed by atoms with Gasteiger partial charge in [0.15, 0.2) is 0 Å². The standard InChI is InChI=1S/C9H15NO/c1-7(11)10-6-2-3-9(10)8-4-5-8/h8-9H,2-6H2,1H3. The van der Waals surface area contributed by atoms with E-state index in [9.17, 15) is 4.79 Å². The highest BCUT2D eigenvalue weighted by atomic mass is 16.2. The van der Waals surface area contributed by atoms with Crippen molar-refractivity contribution >= 4 is 5.91 Å². The molecule has 11 heavy (non-hydrogen) atoms. The number of nitrogens with zero attached hydrogens (tertiary/aromatic N) is 1. The van der Waals surface area contributed by atoms with Crippen LogP contribution in [0.25, 0.3) is 0 Å². The van der Waals surface area contributed by atoms with Gasteiger partial charge in [0.25, 0.3) is 0 Å². The SMILES string of the molecule is CC(=O)N1CCCC1C1CC1. The molecule has 1 aliphatic carbocycles. The van der Waals surface area contributed by atoms with Crippen LogP contribution in [0.1, 0.15) is 32.6 Å². The molecule has 0 N–H and O–H groups in total. The minimum absolute atomic E-state index is 0.277. The second kappa shape index (κ2) is 2.50. The van der Waals surface area contributed by atoms with E-state index >= 15 is 0 Å². The zero-order valence-corrected chi connectivity index (χ0v) is 7.05. The molecule has 2 nitrogen and oxygen atoms in total. The van der Waals surface area contributed by atoms with E-state index in [4.69, 9.17) is 0 Å². The van der Waals surface area contributed by atoms with Gasteiger partial charge >= 0.3 is 0 Å². The van der Waals surface area contributed by atoms with Crippen LogP contribution in [-0.2, 0) is 4.79 Å². The van der Waals surface area contributed by atoms with Crippen molar-refractivity contribution in [2.45, 2.75) is 38.6 Å². The maximum absolute atomic E-state index is 11.1. The molecule has 0 aromatic heterocycles. The van der Waals surface area contributed by atoms with Crippen LogP contribution in [-0.4, -0.2) is 23.4 Å². The third-order valence-electron chi connectivity index (χ3n) is 2.87. The minimum Gasteiger partial charge on any atom is -0.340 e. The van der Waals surface area contributed by atoms with Gasteiger partial charge in [-0.05, 0) is 31.6 Å². The monoisotopic (exact) mass is 153 g/mol. The van der Waals surface area contributed by atoms with Crippen molar-refractivity contribution < 1.29 is 4.79 Å². The first-order chi connectivity index (χ1) is 5.29. The molecule has 0 aromatic rings. The Labute approximate surface area is 67.6 Å². The summed E-state index contributed by atoms with van der Waals surface area (Å²) in [6.07, 6.45) is 5.19. The molecular weight excluding hydrogens is 138 g/mol. The Hall–Kier alpha value is -0.530. The Kier molecular flexibility index (Phi) is 1.63. The van der Waals surface area contributed by atoms with Crippen LogP contribution in [0.15, 0.2) is 0 Å². The van der Waals surface area contributed by atoms with Gasteiger partial charge in [-0.3, -0.25) is 4.79 Å². The van der Waals surface area contributed by atoms with Gasteiger partial charge in [0.1, 0.15) is 0 Å². The number of likely N-dealkylation sites (tertiary alicyclic amines) is 1. The molecule has 0 aromatic carbocycles. The first-order valence-electron chi connectivity index (χ1n) is 4.56. The Bertz CT molecular complexity index is 174. The van der Waals surface area contributed by atoms with Crippen LogP contribution in [0.2, 0.25) is 0 Å². The number of carbonyl (C=O) groups is 1. The summed E-state index contributed by atoms with van der Waals surface area (Å²) >= 11 is 0. The fourth-order valence-corrected chi connectivity index (χ4v) is 2.15. The molecule has 1 atom stereocenters. The molecule has 0 spiro atoms. The van der Waals surface area contributed by atoms with Gasteiger partial charge in [0.05, 0.1) is 0 Å². The van der Waals surface area contributed by atoms with Crippen molar-refractivity contribution in [2.24, 2.45) is 5.92 Å². The minimum atomic E-state index is 0.277. The first-order valence-corrected chi connectivity index (χ1v) is 4.56. The quantitative estimate of drug-likeness (QED) is 0.557. The van der Waals surface area contributed by atoms with E-state index in [2.05, 4.69) is 4.90 Å². The van der Waals surface area contributed by atoms with Crippen LogP contribution in [0.5, 0.6) is 0 Å². The number of amides is 1. The first kappa shape index (κ1) is 7.14. The van der Waals surface area contributed by atoms with Crippen LogP contribution in [0.4, 0.5) is 0 Å². The zero-order chi connectivity index (χ0) is 7.84. The zero-order valence-electron chi connectivity index (χ0n) is 7.05. The smallest absolute Gasteiger partial charge is 0.219 e. The summed E-state index contributed by atoms with van der Waals surface area (Å²) in [6.45, 7) is 2.71. The van der Waals surface area contributed by atoms with E-state index in [-0.39, 0.29) is 5.91 Å². The van der Waals surface area contributed by atoms with Crippen molar-refractivity contribution in [1.29, 1.82) is 0 Å². The summed E-state index contributed by atoms with van der Waals surface area (Å²) in [6, 6.07) is 0.618. The second-order valence-corrected chi connectivity index (χ2v) is 3.76. The maximum Gasteiger partial charge on any atom is 0.219 e. The van der Waals surface area contributed by atoms with Gasteiger partial charge in [0.2, 0.25) is 5.91 Å². The average Bonchev–Trinajstić information content (AvgIpc) is 2.68. The van der Waals surface area contributed by atoms with Crippen molar-refractivity contribution in [3.8, 4) is 0 Å². The van der Waals surface area contributed by atoms with E-state index in [1.165, 1.54) is 25.7 Å². The predicted octanol–water partition coefficient (Wildman–Crippen LogP) is 1.41. The second-order valence-electron chi connectivity index (χ2n) is 3.76. The molecular formula is C9H15NO. The molecule has 2 fully saturated rings. The summed E-state index contributed by atoms with van der Waals surface area (Å²) in [4.78, 5) is 13.2. The van der Waals surface area contributed by atoms with Crippen molar-refractivity contribution in [3.63, 3.8) is 0 Å². The third-order valence-corrected chi connectivity index (χ3v) is 2.87. The van der Waals surface area contributed by atoms with E-state index in [1.807, 2.05) is 0 Å². The van der Waals surface area contributed by atoms with Crippen molar-refractivity contribution in [1.82, 2.24) is 4.90 Å². The van der Waals surface area contributed by atoms with E-state index in [1.54, 1.807) is 6.92 Å². The highest BCUT2D eigenvalue weighted by molar-refractivity contribution is 5.74. The van der Waals surface area contributed by atoms with E-state index in [0.29, 0.717) is 6.04 Å². The fourth-order valence-electron chi connectivity index (χ4n) is 2.15. The largest absolute Gasteiger partial charge is 0.340 e. The lowest BCUT2D eigenvalue weighted by molar-refractivity contribution is -0.129. The van der Waals surface area contributed by atoms with E-state index < -0.39 is 0 Å². The summed E-state index contributed by atoms with van der Waals surface area (Å²) < 4.78 is 0. The van der Waals surface area contributed by atoms with E-state index in [0.717, 1.165) is 12.5 Å². The molecule has 0 radical (unpaired) electrons. The van der Waals surface area contributed by atoms with Gasteiger partial charge in [0, 0.05) is 19.5 Å². The Morgan fingerprint density at radius 2 is 2.09 bits per heavy atom. The molecule has 0 bridgehead atoms. The van der Waals surface area contributed by atoms with Crippen LogP contribution >= 0.6 is 0 Å². The summed E-state index contributed by atoms with van der Waals surface area (Å²) in [5, 5.41) is 0. The van der Waals surface area contributed by atoms with Crippen LogP contribution < -0.4 is 0 Å². The Morgan fingerprint density at radius 3 is 2.64 bits per heavy atom. The number of carbonyl (C=O) groups excluding carboxylic acids is 1. The topological polar surface area (TPSA) is 20.3 Å². The Morgan fingerprint density at radius 1 is 1.36 bits per heavy atom. The molecule has 2 heteroatoms. The summed E-state index contributed by atoms with van der Waals surface area (Å²) in [5.41, 5.74) is 0.